The van der Waals surface area contributed by atoms with Gasteiger partial charge in [-0.25, -0.2) is 8.78 Å². The third-order valence-corrected chi connectivity index (χ3v) is 4.14. The van der Waals surface area contributed by atoms with Crippen molar-refractivity contribution in [2.45, 2.75) is 32.1 Å². The van der Waals surface area contributed by atoms with Crippen LogP contribution in [0.15, 0.2) is 18.2 Å². The number of benzene rings is 1. The molecule has 0 nitrogen and oxygen atoms in total. The summed E-state index contributed by atoms with van der Waals surface area (Å²) in [5.74, 6) is -0.0311. The van der Waals surface area contributed by atoms with Crippen molar-refractivity contribution < 1.29 is 8.78 Å². The van der Waals surface area contributed by atoms with E-state index in [9.17, 15) is 8.78 Å². The maximum Gasteiger partial charge on any atom is 0.129 e. The smallest absolute Gasteiger partial charge is 0.129 e. The Balaban J connectivity index is 1.83. The highest BCUT2D eigenvalue weighted by Crippen LogP contribution is 2.65. The molecule has 0 heterocycles. The molecule has 15 heavy (non-hydrogen) atoms. The summed E-state index contributed by atoms with van der Waals surface area (Å²) in [5.41, 5.74) is 1.08. The summed E-state index contributed by atoms with van der Waals surface area (Å²) in [6, 6.07) is 3.97. The maximum atomic E-state index is 13.5. The van der Waals surface area contributed by atoms with Gasteiger partial charge in [0.1, 0.15) is 11.6 Å². The lowest BCUT2D eigenvalue weighted by molar-refractivity contribution is 0.467. The molecule has 3 rings (SSSR count). The van der Waals surface area contributed by atoms with E-state index in [1.807, 2.05) is 0 Å². The summed E-state index contributed by atoms with van der Waals surface area (Å²) in [6.07, 6.45) is 5.89. The van der Waals surface area contributed by atoms with Crippen LogP contribution in [0.25, 0.3) is 0 Å². The molecule has 2 fully saturated rings. The van der Waals surface area contributed by atoms with Crippen LogP contribution in [-0.2, 0) is 6.42 Å². The molecule has 80 valence electrons. The highest BCUT2D eigenvalue weighted by atomic mass is 19.1. The molecule has 0 spiro atoms. The van der Waals surface area contributed by atoms with E-state index in [-0.39, 0.29) is 5.82 Å². The van der Waals surface area contributed by atoms with Crippen LogP contribution in [0.5, 0.6) is 0 Å². The van der Waals surface area contributed by atoms with E-state index in [0.29, 0.717) is 11.0 Å². The van der Waals surface area contributed by atoms with Gasteiger partial charge in [0.15, 0.2) is 0 Å². The van der Waals surface area contributed by atoms with Crippen LogP contribution in [0.4, 0.5) is 8.78 Å². The van der Waals surface area contributed by atoms with Crippen molar-refractivity contribution in [1.29, 1.82) is 0 Å². The predicted octanol–water partition coefficient (Wildman–Crippen LogP) is 3.70. The summed E-state index contributed by atoms with van der Waals surface area (Å²) >= 11 is 0. The molecule has 0 saturated heterocycles. The van der Waals surface area contributed by atoms with E-state index in [2.05, 4.69) is 0 Å². The lowest BCUT2D eigenvalue weighted by Crippen LogP contribution is -2.05. The monoisotopic (exact) mass is 208 g/mol. The average molecular weight is 208 g/mol. The Bertz CT molecular complexity index is 400. The average Bonchev–Trinajstić information content (AvgIpc) is 2.73. The number of rotatable bonds is 2. The van der Waals surface area contributed by atoms with Crippen molar-refractivity contribution in [3.8, 4) is 0 Å². The quantitative estimate of drug-likeness (QED) is 0.695. The van der Waals surface area contributed by atoms with Crippen LogP contribution in [0.3, 0.4) is 0 Å². The fourth-order valence-corrected chi connectivity index (χ4v) is 3.20. The summed E-state index contributed by atoms with van der Waals surface area (Å²) < 4.78 is 26.2. The first-order valence-corrected chi connectivity index (χ1v) is 5.64. The molecule has 0 aliphatic heterocycles. The molecule has 2 aliphatic rings. The van der Waals surface area contributed by atoms with Gasteiger partial charge in [-0.2, -0.15) is 0 Å². The number of fused-ring (bicyclic) bond motifs is 1. The zero-order valence-electron chi connectivity index (χ0n) is 8.60. The second-order valence-corrected chi connectivity index (χ2v) is 5.07. The second kappa shape index (κ2) is 3.03. The van der Waals surface area contributed by atoms with Crippen molar-refractivity contribution in [2.24, 2.45) is 11.3 Å². The lowest BCUT2D eigenvalue weighted by Gasteiger charge is -2.12. The third-order valence-electron chi connectivity index (χ3n) is 4.14. The first kappa shape index (κ1) is 9.32. The Hall–Kier alpha value is -0.920. The third kappa shape index (κ3) is 1.47. The molecule has 2 unspecified atom stereocenters. The zero-order chi connectivity index (χ0) is 10.5. The van der Waals surface area contributed by atoms with Crippen molar-refractivity contribution >= 4 is 0 Å². The highest BCUT2D eigenvalue weighted by molar-refractivity contribution is 5.23. The van der Waals surface area contributed by atoms with Gasteiger partial charge in [0.2, 0.25) is 0 Å². The van der Waals surface area contributed by atoms with Crippen molar-refractivity contribution in [3.63, 3.8) is 0 Å². The maximum absolute atomic E-state index is 13.5. The lowest BCUT2D eigenvalue weighted by atomic mass is 9.94. The summed E-state index contributed by atoms with van der Waals surface area (Å²) in [6.45, 7) is 0. The Morgan fingerprint density at radius 3 is 2.80 bits per heavy atom. The van der Waals surface area contributed by atoms with Gasteiger partial charge in [0, 0.05) is 6.07 Å². The molecule has 0 amide bonds. The molecule has 0 N–H and O–H groups in total. The van der Waals surface area contributed by atoms with Gasteiger partial charge in [0.05, 0.1) is 0 Å². The van der Waals surface area contributed by atoms with Gasteiger partial charge in [-0.3, -0.25) is 0 Å². The molecule has 2 heteroatoms. The van der Waals surface area contributed by atoms with E-state index < -0.39 is 5.82 Å². The minimum atomic E-state index is -0.479. The normalized spacial score (nSPS) is 32.8. The molecule has 0 aromatic heterocycles. The largest absolute Gasteiger partial charge is 0.207 e. The minimum absolute atomic E-state index is 0.373. The molecule has 2 saturated carbocycles. The van der Waals surface area contributed by atoms with Gasteiger partial charge in [0.25, 0.3) is 0 Å². The topological polar surface area (TPSA) is 0 Å². The standard InChI is InChI=1S/C13H14F2/c14-11-4-3-9(12(15)6-11)7-13-5-1-2-10(13)8-13/h3-4,6,10H,1-2,5,7-8H2. The Morgan fingerprint density at radius 2 is 2.20 bits per heavy atom. The van der Waals surface area contributed by atoms with Gasteiger partial charge >= 0.3 is 0 Å². The molecule has 0 bridgehead atoms. The second-order valence-electron chi connectivity index (χ2n) is 5.07. The van der Waals surface area contributed by atoms with Crippen LogP contribution < -0.4 is 0 Å². The molecule has 1 aromatic carbocycles. The van der Waals surface area contributed by atoms with E-state index >= 15 is 0 Å². The van der Waals surface area contributed by atoms with Gasteiger partial charge in [-0.15, -0.1) is 0 Å². The van der Waals surface area contributed by atoms with Crippen molar-refractivity contribution in [3.05, 3.63) is 35.4 Å². The van der Waals surface area contributed by atoms with Crippen LogP contribution in [0, 0.1) is 23.0 Å². The highest BCUT2D eigenvalue weighted by Gasteiger charge is 2.56. The summed E-state index contributed by atoms with van der Waals surface area (Å²) in [7, 11) is 0. The van der Waals surface area contributed by atoms with Gasteiger partial charge in [-0.05, 0) is 48.6 Å². The van der Waals surface area contributed by atoms with Gasteiger partial charge < -0.3 is 0 Å². The molecule has 0 radical (unpaired) electrons. The Kier molecular flexibility index (Phi) is 1.88. The molecular weight excluding hydrogens is 194 g/mol. The first-order valence-electron chi connectivity index (χ1n) is 5.64. The molecular formula is C13H14F2. The zero-order valence-corrected chi connectivity index (χ0v) is 8.60. The van der Waals surface area contributed by atoms with Crippen molar-refractivity contribution in [1.82, 2.24) is 0 Å². The van der Waals surface area contributed by atoms with E-state index in [4.69, 9.17) is 0 Å². The number of hydrogen-bond acceptors (Lipinski definition) is 0. The molecule has 1 aromatic rings. The Morgan fingerprint density at radius 1 is 1.33 bits per heavy atom. The first-order chi connectivity index (χ1) is 7.20. The predicted molar refractivity (Wildman–Crippen MR) is 54.5 cm³/mol. The fraction of sp³-hybridized carbons (Fsp3) is 0.538. The number of hydrogen-bond donors (Lipinski definition) is 0. The summed E-state index contributed by atoms with van der Waals surface area (Å²) in [4.78, 5) is 0. The van der Waals surface area contributed by atoms with Crippen LogP contribution in [-0.4, -0.2) is 0 Å². The van der Waals surface area contributed by atoms with E-state index in [1.165, 1.54) is 31.7 Å². The Labute approximate surface area is 88.3 Å². The van der Waals surface area contributed by atoms with E-state index in [0.717, 1.165) is 18.4 Å². The van der Waals surface area contributed by atoms with Crippen LogP contribution in [0.2, 0.25) is 0 Å². The van der Waals surface area contributed by atoms with E-state index in [1.54, 1.807) is 6.07 Å². The van der Waals surface area contributed by atoms with Crippen LogP contribution in [0.1, 0.15) is 31.2 Å². The number of halogens is 2. The van der Waals surface area contributed by atoms with Gasteiger partial charge in [-0.1, -0.05) is 12.5 Å². The molecule has 2 atom stereocenters. The van der Waals surface area contributed by atoms with Crippen LogP contribution >= 0.6 is 0 Å². The molecule has 2 aliphatic carbocycles. The summed E-state index contributed by atoms with van der Waals surface area (Å²) in [5, 5.41) is 0. The SMILES string of the molecule is Fc1ccc(CC23CCCC2C3)c(F)c1. The minimum Gasteiger partial charge on any atom is -0.207 e. The van der Waals surface area contributed by atoms with Crippen molar-refractivity contribution in [2.75, 3.05) is 0 Å². The fourth-order valence-electron chi connectivity index (χ4n) is 3.20.